The van der Waals surface area contributed by atoms with Gasteiger partial charge in [0.05, 0.1) is 22.1 Å². The van der Waals surface area contributed by atoms with E-state index >= 15 is 0 Å². The van der Waals surface area contributed by atoms with Crippen molar-refractivity contribution in [1.29, 1.82) is 5.26 Å². The van der Waals surface area contributed by atoms with Crippen molar-refractivity contribution in [2.24, 2.45) is 0 Å². The van der Waals surface area contributed by atoms with E-state index in [1.54, 1.807) is 36.4 Å². The Bertz CT molecular complexity index is 1020. The van der Waals surface area contributed by atoms with E-state index in [2.05, 4.69) is 0 Å². The van der Waals surface area contributed by atoms with E-state index in [0.717, 1.165) is 0 Å². The van der Waals surface area contributed by atoms with E-state index in [1.807, 2.05) is 6.07 Å². The van der Waals surface area contributed by atoms with Crippen LogP contribution < -0.4 is 0 Å². The summed E-state index contributed by atoms with van der Waals surface area (Å²) >= 11 is 0. The number of para-hydroxylation sites is 1. The summed E-state index contributed by atoms with van der Waals surface area (Å²) in [6, 6.07) is 17.1. The first-order chi connectivity index (χ1) is 12.1. The molecule has 0 bridgehead atoms. The van der Waals surface area contributed by atoms with Crippen LogP contribution in [0.2, 0.25) is 0 Å². The second-order valence-electron chi connectivity index (χ2n) is 5.16. The summed E-state index contributed by atoms with van der Waals surface area (Å²) in [7, 11) is 0. The van der Waals surface area contributed by atoms with Crippen molar-refractivity contribution in [3.05, 3.63) is 87.9 Å². The predicted octanol–water partition coefficient (Wildman–Crippen LogP) is 5.06. The number of nitrogens with zero attached hydrogens (tertiary/aromatic N) is 2. The van der Waals surface area contributed by atoms with Gasteiger partial charge in [0.2, 0.25) is 0 Å². The van der Waals surface area contributed by atoms with Gasteiger partial charge in [0.15, 0.2) is 0 Å². The minimum atomic E-state index is -0.485. The molecule has 0 aliphatic rings. The fraction of sp³-hybridized carbons (Fsp3) is 0. The summed E-state index contributed by atoms with van der Waals surface area (Å²) < 4.78 is 18.9. The summed E-state index contributed by atoms with van der Waals surface area (Å²) in [4.78, 5) is 10.6. The third kappa shape index (κ3) is 3.46. The molecule has 5 nitrogen and oxygen atoms in total. The first kappa shape index (κ1) is 16.1. The summed E-state index contributed by atoms with van der Waals surface area (Å²) in [5, 5.41) is 20.4. The molecule has 0 aliphatic carbocycles. The number of nitro groups is 1. The Morgan fingerprint density at radius 3 is 2.68 bits per heavy atom. The van der Waals surface area contributed by atoms with Crippen LogP contribution in [0.1, 0.15) is 11.3 Å². The highest BCUT2D eigenvalue weighted by Gasteiger charge is 2.17. The topological polar surface area (TPSA) is 80.1 Å². The molecule has 0 atom stereocenters. The third-order valence-electron chi connectivity index (χ3n) is 3.54. The smallest absolute Gasteiger partial charge is 0.280 e. The molecule has 6 heteroatoms. The monoisotopic (exact) mass is 334 g/mol. The quantitative estimate of drug-likeness (QED) is 0.379. The van der Waals surface area contributed by atoms with Gasteiger partial charge in [-0.25, -0.2) is 4.39 Å². The number of hydrogen-bond acceptors (Lipinski definition) is 4. The number of nitriles is 1. The Morgan fingerprint density at radius 2 is 1.96 bits per heavy atom. The van der Waals surface area contributed by atoms with Crippen molar-refractivity contribution in [3.63, 3.8) is 0 Å². The highest BCUT2D eigenvalue weighted by molar-refractivity contribution is 5.89. The maximum absolute atomic E-state index is 13.3. The van der Waals surface area contributed by atoms with Crippen LogP contribution in [0.25, 0.3) is 23.0 Å². The zero-order valence-corrected chi connectivity index (χ0v) is 12.8. The van der Waals surface area contributed by atoms with E-state index in [0.29, 0.717) is 22.6 Å². The van der Waals surface area contributed by atoms with Crippen LogP contribution in [0.5, 0.6) is 0 Å². The van der Waals surface area contributed by atoms with Crippen LogP contribution >= 0.6 is 0 Å². The number of hydrogen-bond donors (Lipinski definition) is 0. The predicted molar refractivity (Wildman–Crippen MR) is 90.7 cm³/mol. The molecule has 1 heterocycles. The standard InChI is InChI=1S/C19H11FN2O3/c20-15-5-3-4-13(10-15)14(12-21)11-16-8-9-19(25-16)17-6-1-2-7-18(17)22(23)24/h1-11H/b14-11+. The molecule has 2 aromatic carbocycles. The van der Waals surface area contributed by atoms with Crippen molar-refractivity contribution >= 4 is 17.3 Å². The second kappa shape index (κ2) is 6.81. The van der Waals surface area contributed by atoms with Gasteiger partial charge in [0.1, 0.15) is 17.3 Å². The van der Waals surface area contributed by atoms with Crippen LogP contribution in [-0.2, 0) is 0 Å². The van der Waals surface area contributed by atoms with Crippen molar-refractivity contribution < 1.29 is 13.7 Å². The summed E-state index contributed by atoms with van der Waals surface area (Å²) in [5.41, 5.74) is 0.920. The van der Waals surface area contributed by atoms with Gasteiger partial charge in [-0.15, -0.1) is 0 Å². The van der Waals surface area contributed by atoms with E-state index in [1.165, 1.54) is 30.3 Å². The first-order valence-corrected chi connectivity index (χ1v) is 7.30. The van der Waals surface area contributed by atoms with Gasteiger partial charge in [-0.1, -0.05) is 24.3 Å². The maximum Gasteiger partial charge on any atom is 0.280 e. The molecule has 0 unspecified atom stereocenters. The third-order valence-corrected chi connectivity index (χ3v) is 3.54. The molecule has 1 aromatic heterocycles. The second-order valence-corrected chi connectivity index (χ2v) is 5.16. The number of rotatable bonds is 4. The van der Waals surface area contributed by atoms with E-state index in [4.69, 9.17) is 4.42 Å². The van der Waals surface area contributed by atoms with Gasteiger partial charge in [-0.3, -0.25) is 10.1 Å². The normalized spacial score (nSPS) is 11.1. The molecule has 3 rings (SSSR count). The highest BCUT2D eigenvalue weighted by atomic mass is 19.1. The largest absolute Gasteiger partial charge is 0.456 e. The number of benzene rings is 2. The van der Waals surface area contributed by atoms with Gasteiger partial charge < -0.3 is 4.42 Å². The molecule has 25 heavy (non-hydrogen) atoms. The van der Waals surface area contributed by atoms with Gasteiger partial charge in [0.25, 0.3) is 5.69 Å². The lowest BCUT2D eigenvalue weighted by molar-refractivity contribution is -0.384. The van der Waals surface area contributed by atoms with Crippen molar-refractivity contribution in [2.45, 2.75) is 0 Å². The lowest BCUT2D eigenvalue weighted by Crippen LogP contribution is -1.90. The van der Waals surface area contributed by atoms with E-state index in [-0.39, 0.29) is 11.3 Å². The molecule has 0 saturated carbocycles. The number of nitro benzene ring substituents is 1. The molecule has 0 spiro atoms. The Labute approximate surface area is 142 Å². The van der Waals surface area contributed by atoms with E-state index in [9.17, 15) is 19.8 Å². The van der Waals surface area contributed by atoms with Crippen LogP contribution in [0, 0.1) is 27.3 Å². The van der Waals surface area contributed by atoms with Gasteiger partial charge >= 0.3 is 0 Å². The molecule has 0 saturated heterocycles. The van der Waals surface area contributed by atoms with Crippen molar-refractivity contribution in [1.82, 2.24) is 0 Å². The van der Waals surface area contributed by atoms with Crippen LogP contribution in [0.3, 0.4) is 0 Å². The molecule has 3 aromatic rings. The molecule has 0 aliphatic heterocycles. The lowest BCUT2D eigenvalue weighted by atomic mass is 10.1. The van der Waals surface area contributed by atoms with Crippen molar-refractivity contribution in [2.75, 3.05) is 0 Å². The zero-order valence-electron chi connectivity index (χ0n) is 12.8. The fourth-order valence-electron chi connectivity index (χ4n) is 2.39. The molecule has 0 N–H and O–H groups in total. The Balaban J connectivity index is 1.99. The Morgan fingerprint density at radius 1 is 1.16 bits per heavy atom. The SMILES string of the molecule is N#C/C(=C\c1ccc(-c2ccccc2[N+](=O)[O-])o1)c1cccc(F)c1. The van der Waals surface area contributed by atoms with Gasteiger partial charge in [0, 0.05) is 6.07 Å². The zero-order chi connectivity index (χ0) is 17.8. The number of halogens is 1. The van der Waals surface area contributed by atoms with Gasteiger partial charge in [-0.05, 0) is 42.0 Å². The Kier molecular flexibility index (Phi) is 4.40. The highest BCUT2D eigenvalue weighted by Crippen LogP contribution is 2.31. The number of furan rings is 1. The summed E-state index contributed by atoms with van der Waals surface area (Å²) in [6.45, 7) is 0. The minimum Gasteiger partial charge on any atom is -0.456 e. The van der Waals surface area contributed by atoms with Crippen LogP contribution in [0.4, 0.5) is 10.1 Å². The average Bonchev–Trinajstić information content (AvgIpc) is 3.08. The molecule has 0 radical (unpaired) electrons. The Hall–Kier alpha value is -3.72. The van der Waals surface area contributed by atoms with Crippen molar-refractivity contribution in [3.8, 4) is 17.4 Å². The minimum absolute atomic E-state index is 0.0713. The molecular weight excluding hydrogens is 323 g/mol. The molecule has 0 amide bonds. The molecule has 0 fully saturated rings. The molecule has 122 valence electrons. The summed E-state index contributed by atoms with van der Waals surface area (Å²) in [6.07, 6.45) is 1.47. The van der Waals surface area contributed by atoms with Gasteiger partial charge in [-0.2, -0.15) is 5.26 Å². The summed E-state index contributed by atoms with van der Waals surface area (Å²) in [5.74, 6) is 0.211. The van der Waals surface area contributed by atoms with Crippen LogP contribution in [0.15, 0.2) is 65.1 Å². The first-order valence-electron chi connectivity index (χ1n) is 7.30. The number of allylic oxidation sites excluding steroid dienone is 1. The fourth-order valence-corrected chi connectivity index (χ4v) is 2.39. The molecular formula is C19H11FN2O3. The van der Waals surface area contributed by atoms with E-state index < -0.39 is 10.7 Å². The maximum atomic E-state index is 13.3. The van der Waals surface area contributed by atoms with Crippen LogP contribution in [-0.4, -0.2) is 4.92 Å². The average molecular weight is 334 g/mol. The lowest BCUT2D eigenvalue weighted by Gasteiger charge is -2.00.